The van der Waals surface area contributed by atoms with Crippen molar-refractivity contribution in [1.29, 1.82) is 0 Å². The molecule has 2 unspecified atom stereocenters. The first kappa shape index (κ1) is 14.9. The molecule has 2 N–H and O–H groups in total. The predicted octanol–water partition coefficient (Wildman–Crippen LogP) is 2.27. The zero-order valence-corrected chi connectivity index (χ0v) is 12.9. The predicted molar refractivity (Wildman–Crippen MR) is 82.7 cm³/mol. The van der Waals surface area contributed by atoms with Crippen LogP contribution in [-0.4, -0.2) is 27.5 Å². The molecule has 2 aliphatic carbocycles. The van der Waals surface area contributed by atoms with Crippen LogP contribution in [0.15, 0.2) is 11.0 Å². The van der Waals surface area contributed by atoms with E-state index in [9.17, 15) is 9.90 Å². The minimum absolute atomic E-state index is 0.134. The molecule has 0 saturated heterocycles. The zero-order valence-electron chi connectivity index (χ0n) is 12.1. The molecule has 1 aromatic heterocycles. The second-order valence-electron chi connectivity index (χ2n) is 6.37. The lowest BCUT2D eigenvalue weighted by Gasteiger charge is -2.26. The minimum atomic E-state index is -0.204. The molecule has 1 heterocycles. The SMILES string of the molecule is O=c1c(NCC2CCCC(O)C2)c(Cl)cnn1CC1CC1. The number of nitrogens with zero attached hydrogens (tertiary/aromatic N) is 2. The van der Waals surface area contributed by atoms with Crippen molar-refractivity contribution in [3.05, 3.63) is 21.6 Å². The molecular formula is C15H22ClN3O2. The molecule has 21 heavy (non-hydrogen) atoms. The lowest BCUT2D eigenvalue weighted by molar-refractivity contribution is 0.105. The zero-order chi connectivity index (χ0) is 14.8. The molecular weight excluding hydrogens is 290 g/mol. The molecule has 5 nitrogen and oxygen atoms in total. The number of halogens is 1. The largest absolute Gasteiger partial charge is 0.393 e. The van der Waals surface area contributed by atoms with Gasteiger partial charge >= 0.3 is 0 Å². The van der Waals surface area contributed by atoms with Crippen LogP contribution in [0.3, 0.4) is 0 Å². The van der Waals surface area contributed by atoms with Crippen LogP contribution >= 0.6 is 11.6 Å². The summed E-state index contributed by atoms with van der Waals surface area (Å²) in [5.41, 5.74) is 0.318. The molecule has 0 amide bonds. The number of hydrogen-bond acceptors (Lipinski definition) is 4. The van der Waals surface area contributed by atoms with E-state index in [-0.39, 0.29) is 11.7 Å². The monoisotopic (exact) mass is 311 g/mol. The van der Waals surface area contributed by atoms with Gasteiger partial charge in [0, 0.05) is 13.1 Å². The molecule has 116 valence electrons. The molecule has 0 aliphatic heterocycles. The van der Waals surface area contributed by atoms with Gasteiger partial charge in [0.05, 0.1) is 17.3 Å². The summed E-state index contributed by atoms with van der Waals surface area (Å²) in [5.74, 6) is 0.993. The van der Waals surface area contributed by atoms with Gasteiger partial charge in [0.15, 0.2) is 0 Å². The van der Waals surface area contributed by atoms with E-state index < -0.39 is 0 Å². The number of aromatic nitrogens is 2. The Morgan fingerprint density at radius 2 is 2.14 bits per heavy atom. The van der Waals surface area contributed by atoms with Crippen molar-refractivity contribution in [2.24, 2.45) is 11.8 Å². The van der Waals surface area contributed by atoms with Crippen molar-refractivity contribution in [3.63, 3.8) is 0 Å². The van der Waals surface area contributed by atoms with Gasteiger partial charge in [-0.05, 0) is 43.9 Å². The van der Waals surface area contributed by atoms with Crippen molar-refractivity contribution < 1.29 is 5.11 Å². The first-order valence-corrected chi connectivity index (χ1v) is 8.19. The Kier molecular flexibility index (Phi) is 4.50. The van der Waals surface area contributed by atoms with Gasteiger partial charge in [-0.3, -0.25) is 4.79 Å². The summed E-state index contributed by atoms with van der Waals surface area (Å²) in [6.45, 7) is 1.37. The minimum Gasteiger partial charge on any atom is -0.393 e. The third kappa shape index (κ3) is 3.77. The molecule has 0 spiro atoms. The molecule has 0 aromatic carbocycles. The van der Waals surface area contributed by atoms with E-state index in [1.165, 1.54) is 17.5 Å². The van der Waals surface area contributed by atoms with Crippen molar-refractivity contribution >= 4 is 17.3 Å². The lowest BCUT2D eigenvalue weighted by atomic mass is 9.87. The van der Waals surface area contributed by atoms with E-state index in [0.29, 0.717) is 35.6 Å². The Hall–Kier alpha value is -1.07. The van der Waals surface area contributed by atoms with E-state index in [1.807, 2.05) is 0 Å². The fourth-order valence-corrected chi connectivity index (χ4v) is 3.19. The smallest absolute Gasteiger partial charge is 0.291 e. The lowest BCUT2D eigenvalue weighted by Crippen LogP contribution is -2.30. The van der Waals surface area contributed by atoms with E-state index in [1.54, 1.807) is 6.20 Å². The second-order valence-corrected chi connectivity index (χ2v) is 6.77. The highest BCUT2D eigenvalue weighted by Crippen LogP contribution is 2.30. The normalized spacial score (nSPS) is 25.8. The van der Waals surface area contributed by atoms with Gasteiger partial charge < -0.3 is 10.4 Å². The van der Waals surface area contributed by atoms with Gasteiger partial charge in [-0.15, -0.1) is 0 Å². The standard InChI is InChI=1S/C15H22ClN3O2/c16-13-8-18-19(9-10-4-5-10)15(21)14(13)17-7-11-2-1-3-12(20)6-11/h8,10-12,17,20H,1-7,9H2. The molecule has 6 heteroatoms. The Morgan fingerprint density at radius 3 is 2.86 bits per heavy atom. The van der Waals surface area contributed by atoms with Crippen molar-refractivity contribution in [2.75, 3.05) is 11.9 Å². The van der Waals surface area contributed by atoms with Gasteiger partial charge in [0.2, 0.25) is 0 Å². The van der Waals surface area contributed by atoms with Crippen LogP contribution in [0.1, 0.15) is 38.5 Å². The third-order valence-electron chi connectivity index (χ3n) is 4.45. The van der Waals surface area contributed by atoms with Gasteiger partial charge in [0.1, 0.15) is 5.69 Å². The molecule has 2 atom stereocenters. The van der Waals surface area contributed by atoms with Gasteiger partial charge in [-0.25, -0.2) is 4.68 Å². The number of nitrogens with one attached hydrogen (secondary N) is 1. The van der Waals surface area contributed by atoms with Crippen LogP contribution in [0, 0.1) is 11.8 Å². The summed E-state index contributed by atoms with van der Waals surface area (Å²) < 4.78 is 1.52. The fraction of sp³-hybridized carbons (Fsp3) is 0.733. The summed E-state index contributed by atoms with van der Waals surface area (Å²) in [4.78, 5) is 12.4. The average Bonchev–Trinajstić information content (AvgIpc) is 3.26. The van der Waals surface area contributed by atoms with Crippen molar-refractivity contribution in [1.82, 2.24) is 9.78 Å². The van der Waals surface area contributed by atoms with E-state index in [4.69, 9.17) is 11.6 Å². The summed E-state index contributed by atoms with van der Waals surface area (Å²) in [6, 6.07) is 0. The quantitative estimate of drug-likeness (QED) is 0.875. The summed E-state index contributed by atoms with van der Waals surface area (Å²) >= 11 is 6.11. The molecule has 1 aromatic rings. The van der Waals surface area contributed by atoms with Crippen LogP contribution in [0.5, 0.6) is 0 Å². The first-order valence-electron chi connectivity index (χ1n) is 7.81. The maximum atomic E-state index is 12.4. The van der Waals surface area contributed by atoms with Gasteiger partial charge in [-0.2, -0.15) is 5.10 Å². The number of aliphatic hydroxyl groups is 1. The van der Waals surface area contributed by atoms with E-state index >= 15 is 0 Å². The highest BCUT2D eigenvalue weighted by molar-refractivity contribution is 6.32. The topological polar surface area (TPSA) is 67.2 Å². The maximum Gasteiger partial charge on any atom is 0.291 e. The number of hydrogen-bond donors (Lipinski definition) is 2. The molecule has 2 aliphatic rings. The Labute approximate surface area is 129 Å². The molecule has 0 radical (unpaired) electrons. The van der Waals surface area contributed by atoms with Gasteiger partial charge in [0.25, 0.3) is 5.56 Å². The number of rotatable bonds is 5. The van der Waals surface area contributed by atoms with Crippen LogP contribution in [0.4, 0.5) is 5.69 Å². The van der Waals surface area contributed by atoms with Crippen molar-refractivity contribution in [2.45, 2.75) is 51.2 Å². The van der Waals surface area contributed by atoms with E-state index in [2.05, 4.69) is 10.4 Å². The Bertz CT molecular complexity index is 556. The van der Waals surface area contributed by atoms with Crippen LogP contribution < -0.4 is 10.9 Å². The molecule has 2 saturated carbocycles. The summed E-state index contributed by atoms with van der Waals surface area (Å²) in [6.07, 6.45) is 7.52. The summed E-state index contributed by atoms with van der Waals surface area (Å²) in [5, 5.41) is 17.4. The molecule has 3 rings (SSSR count). The van der Waals surface area contributed by atoms with Crippen LogP contribution in [0.2, 0.25) is 5.02 Å². The Balaban J connectivity index is 1.67. The van der Waals surface area contributed by atoms with Gasteiger partial charge in [-0.1, -0.05) is 18.0 Å². The average molecular weight is 312 g/mol. The molecule has 0 bridgehead atoms. The maximum absolute atomic E-state index is 12.4. The van der Waals surface area contributed by atoms with Crippen LogP contribution in [0.25, 0.3) is 0 Å². The van der Waals surface area contributed by atoms with E-state index in [0.717, 1.165) is 25.7 Å². The highest BCUT2D eigenvalue weighted by Gasteiger charge is 2.24. The number of aliphatic hydroxyl groups excluding tert-OH is 1. The first-order chi connectivity index (χ1) is 10.1. The van der Waals surface area contributed by atoms with Crippen LogP contribution in [-0.2, 0) is 6.54 Å². The highest BCUT2D eigenvalue weighted by atomic mass is 35.5. The fourth-order valence-electron chi connectivity index (χ4n) is 3.00. The van der Waals surface area contributed by atoms with Crippen molar-refractivity contribution in [3.8, 4) is 0 Å². The Morgan fingerprint density at radius 1 is 1.33 bits per heavy atom. The molecule has 2 fully saturated rings. The second kappa shape index (κ2) is 6.36. The third-order valence-corrected chi connectivity index (χ3v) is 4.73. The number of anilines is 1. The summed E-state index contributed by atoms with van der Waals surface area (Å²) in [7, 11) is 0.